The molecule has 0 amide bonds. The summed E-state index contributed by atoms with van der Waals surface area (Å²) in [4.78, 5) is 38.2. The van der Waals surface area contributed by atoms with E-state index in [-0.39, 0.29) is 31.1 Å². The van der Waals surface area contributed by atoms with Gasteiger partial charge < -0.3 is 14.2 Å². The minimum absolute atomic E-state index is 0.0971. The fourth-order valence-electron chi connectivity index (χ4n) is 8.19. The molecule has 0 rings (SSSR count). The standard InChI is InChI=1S/C70H114O6/c1-4-7-10-13-16-19-22-25-27-29-30-31-32-33-34-35-36-37-38-39-40-42-43-45-48-51-54-57-60-63-69(72)75-66-67(65-74-68(71)62-59-56-53-50-47-24-21-18-15-12-9-6-3)76-70(73)64-61-58-55-52-49-46-44-41-28-26-23-20-17-14-11-8-5-2/h7,10,16-21,25-28,30-31,33-34,36-37,39-40,43,45,67H,4-6,8-9,11-15,22-24,29,32,35,38,41-42,44,46-66H2,1-3H3/b10-7-,19-16-,20-17-,21-18-,27-25-,28-26-,31-30-,34-33-,37-36-,40-39-,45-43-. The zero-order valence-electron chi connectivity index (χ0n) is 49.2. The van der Waals surface area contributed by atoms with E-state index in [9.17, 15) is 14.4 Å². The summed E-state index contributed by atoms with van der Waals surface area (Å²) < 4.78 is 16.9. The Labute approximate surface area is 468 Å². The van der Waals surface area contributed by atoms with Crippen molar-refractivity contribution in [2.45, 2.75) is 277 Å². The fraction of sp³-hybridized carbons (Fsp3) is 0.643. The normalized spacial score (nSPS) is 13.0. The minimum atomic E-state index is -0.801. The van der Waals surface area contributed by atoms with Crippen LogP contribution < -0.4 is 0 Å². The van der Waals surface area contributed by atoms with Crippen LogP contribution >= 0.6 is 0 Å². The zero-order valence-corrected chi connectivity index (χ0v) is 49.2. The van der Waals surface area contributed by atoms with Gasteiger partial charge in [-0.3, -0.25) is 14.4 Å². The van der Waals surface area contributed by atoms with Gasteiger partial charge in [0, 0.05) is 19.3 Å². The third-order valence-electron chi connectivity index (χ3n) is 12.9. The molecule has 0 saturated carbocycles. The maximum atomic E-state index is 12.9. The van der Waals surface area contributed by atoms with Gasteiger partial charge in [0.15, 0.2) is 6.10 Å². The first-order valence-electron chi connectivity index (χ1n) is 31.2. The van der Waals surface area contributed by atoms with Crippen LogP contribution in [0.15, 0.2) is 134 Å². The molecule has 0 fully saturated rings. The predicted octanol–water partition coefficient (Wildman–Crippen LogP) is 21.4. The lowest BCUT2D eigenvalue weighted by Gasteiger charge is -2.18. The number of hydrogen-bond donors (Lipinski definition) is 0. The molecular formula is C70H114O6. The first-order valence-corrected chi connectivity index (χ1v) is 31.2. The number of carbonyl (C=O) groups is 3. The summed E-state index contributed by atoms with van der Waals surface area (Å²) in [6.45, 7) is 6.44. The lowest BCUT2D eigenvalue weighted by atomic mass is 10.1. The third-order valence-corrected chi connectivity index (χ3v) is 12.9. The Bertz CT molecular complexity index is 1630. The average molecular weight is 1050 g/mol. The Morgan fingerprint density at radius 3 is 0.816 bits per heavy atom. The predicted molar refractivity (Wildman–Crippen MR) is 329 cm³/mol. The molecule has 0 spiro atoms. The van der Waals surface area contributed by atoms with Gasteiger partial charge in [0.2, 0.25) is 0 Å². The highest BCUT2D eigenvalue weighted by molar-refractivity contribution is 5.71. The van der Waals surface area contributed by atoms with Crippen molar-refractivity contribution in [3.63, 3.8) is 0 Å². The number of ether oxygens (including phenoxy) is 3. The monoisotopic (exact) mass is 1050 g/mol. The molecule has 0 heterocycles. The van der Waals surface area contributed by atoms with Crippen molar-refractivity contribution in [3.05, 3.63) is 134 Å². The Morgan fingerprint density at radius 2 is 0.513 bits per heavy atom. The van der Waals surface area contributed by atoms with Crippen molar-refractivity contribution in [1.82, 2.24) is 0 Å². The number of allylic oxidation sites excluding steroid dienone is 22. The summed E-state index contributed by atoms with van der Waals surface area (Å²) in [7, 11) is 0. The highest BCUT2D eigenvalue weighted by Gasteiger charge is 2.19. The molecule has 0 aromatic heterocycles. The average Bonchev–Trinajstić information content (AvgIpc) is 3.42. The molecule has 0 saturated heterocycles. The number of rotatable bonds is 55. The topological polar surface area (TPSA) is 78.9 Å². The van der Waals surface area contributed by atoms with E-state index in [1.54, 1.807) is 0 Å². The van der Waals surface area contributed by atoms with E-state index in [1.165, 1.54) is 83.5 Å². The largest absolute Gasteiger partial charge is 0.462 e. The van der Waals surface area contributed by atoms with Gasteiger partial charge in [-0.1, -0.05) is 244 Å². The summed E-state index contributed by atoms with van der Waals surface area (Å²) in [5.74, 6) is -0.940. The van der Waals surface area contributed by atoms with Gasteiger partial charge in [-0.05, 0) is 141 Å². The van der Waals surface area contributed by atoms with Crippen LogP contribution in [0.5, 0.6) is 0 Å². The van der Waals surface area contributed by atoms with Crippen molar-refractivity contribution in [1.29, 1.82) is 0 Å². The van der Waals surface area contributed by atoms with E-state index in [1.807, 2.05) is 0 Å². The number of hydrogen-bond acceptors (Lipinski definition) is 6. The van der Waals surface area contributed by atoms with Gasteiger partial charge in [-0.15, -0.1) is 0 Å². The molecule has 0 aliphatic rings. The van der Waals surface area contributed by atoms with E-state index in [4.69, 9.17) is 14.2 Å². The van der Waals surface area contributed by atoms with Gasteiger partial charge in [0.05, 0.1) is 0 Å². The van der Waals surface area contributed by atoms with Crippen LogP contribution in [0.25, 0.3) is 0 Å². The van der Waals surface area contributed by atoms with E-state index in [2.05, 4.69) is 154 Å². The molecule has 0 aromatic rings. The zero-order chi connectivity index (χ0) is 55.0. The minimum Gasteiger partial charge on any atom is -0.462 e. The highest BCUT2D eigenvalue weighted by atomic mass is 16.6. The van der Waals surface area contributed by atoms with Gasteiger partial charge in [-0.2, -0.15) is 0 Å². The second-order valence-corrected chi connectivity index (χ2v) is 20.2. The van der Waals surface area contributed by atoms with Crippen LogP contribution in [-0.4, -0.2) is 37.2 Å². The summed E-state index contributed by atoms with van der Waals surface area (Å²) in [6.07, 6.45) is 88.8. The number of carbonyl (C=O) groups excluding carboxylic acids is 3. The maximum absolute atomic E-state index is 12.9. The molecule has 0 aromatic carbocycles. The molecule has 430 valence electrons. The summed E-state index contributed by atoms with van der Waals surface area (Å²) in [5, 5.41) is 0. The van der Waals surface area contributed by atoms with Crippen LogP contribution in [0.2, 0.25) is 0 Å². The summed E-state index contributed by atoms with van der Waals surface area (Å²) >= 11 is 0. The lowest BCUT2D eigenvalue weighted by Crippen LogP contribution is -2.30. The molecule has 0 bridgehead atoms. The second kappa shape index (κ2) is 63.1. The Kier molecular flexibility index (Phi) is 59.4. The summed E-state index contributed by atoms with van der Waals surface area (Å²) in [5.41, 5.74) is 0. The van der Waals surface area contributed by atoms with E-state index in [0.717, 1.165) is 148 Å². The Morgan fingerprint density at radius 1 is 0.276 bits per heavy atom. The third kappa shape index (κ3) is 60.4. The van der Waals surface area contributed by atoms with Crippen molar-refractivity contribution in [2.75, 3.05) is 13.2 Å². The molecular weight excluding hydrogens is 937 g/mol. The molecule has 6 nitrogen and oxygen atoms in total. The summed E-state index contributed by atoms with van der Waals surface area (Å²) in [6, 6.07) is 0. The number of unbranched alkanes of at least 4 members (excludes halogenated alkanes) is 22. The van der Waals surface area contributed by atoms with E-state index in [0.29, 0.717) is 19.3 Å². The highest BCUT2D eigenvalue weighted by Crippen LogP contribution is 2.14. The first kappa shape index (κ1) is 71.5. The van der Waals surface area contributed by atoms with E-state index >= 15 is 0 Å². The SMILES string of the molecule is CC/C=C\C/C=C\C/C=C\C/C=C\C/C=C\C/C=C\C/C=C\C/C=C\CCCCCCC(=O)OCC(COC(=O)CCCCCCC/C=C\CCCCC)OC(=O)CCCCCCCCC/C=C\C/C=C\CCCCC. The molecule has 0 N–H and O–H groups in total. The molecule has 1 atom stereocenters. The molecule has 1 unspecified atom stereocenters. The first-order chi connectivity index (χ1) is 37.5. The number of esters is 3. The molecule has 0 radical (unpaired) electrons. The smallest absolute Gasteiger partial charge is 0.306 e. The van der Waals surface area contributed by atoms with Gasteiger partial charge >= 0.3 is 17.9 Å². The van der Waals surface area contributed by atoms with Crippen LogP contribution in [0.1, 0.15) is 271 Å². The lowest BCUT2D eigenvalue weighted by molar-refractivity contribution is -0.167. The van der Waals surface area contributed by atoms with Gasteiger partial charge in [-0.25, -0.2) is 0 Å². The van der Waals surface area contributed by atoms with Crippen molar-refractivity contribution < 1.29 is 28.6 Å². The van der Waals surface area contributed by atoms with Crippen LogP contribution in [0, 0.1) is 0 Å². The van der Waals surface area contributed by atoms with E-state index < -0.39 is 6.10 Å². The van der Waals surface area contributed by atoms with Gasteiger partial charge in [0.1, 0.15) is 13.2 Å². The van der Waals surface area contributed by atoms with Crippen molar-refractivity contribution >= 4 is 17.9 Å². The van der Waals surface area contributed by atoms with Crippen molar-refractivity contribution in [2.24, 2.45) is 0 Å². The Balaban J connectivity index is 4.39. The Hall–Kier alpha value is -4.45. The molecule has 0 aliphatic heterocycles. The van der Waals surface area contributed by atoms with Crippen LogP contribution in [0.3, 0.4) is 0 Å². The van der Waals surface area contributed by atoms with Crippen LogP contribution in [-0.2, 0) is 28.6 Å². The van der Waals surface area contributed by atoms with Crippen molar-refractivity contribution in [3.8, 4) is 0 Å². The molecule has 0 aliphatic carbocycles. The van der Waals surface area contributed by atoms with Gasteiger partial charge in [0.25, 0.3) is 0 Å². The molecule has 6 heteroatoms. The maximum Gasteiger partial charge on any atom is 0.306 e. The van der Waals surface area contributed by atoms with Crippen LogP contribution in [0.4, 0.5) is 0 Å². The quantitative estimate of drug-likeness (QED) is 0.0261. The fourth-order valence-corrected chi connectivity index (χ4v) is 8.19. The molecule has 76 heavy (non-hydrogen) atoms. The second-order valence-electron chi connectivity index (χ2n) is 20.2.